The summed E-state index contributed by atoms with van der Waals surface area (Å²) in [6.07, 6.45) is 2.76. The van der Waals surface area contributed by atoms with Gasteiger partial charge in [0, 0.05) is 12.3 Å². The second-order valence-corrected chi connectivity index (χ2v) is 1.70. The number of oxazole rings is 1. The molecule has 46 valence electrons. The molecule has 0 radical (unpaired) electrons. The van der Waals surface area contributed by atoms with Gasteiger partial charge >= 0.3 is 0 Å². The van der Waals surface area contributed by atoms with Crippen LogP contribution in [0.1, 0.15) is 0 Å². The lowest BCUT2D eigenvalue weighted by Crippen LogP contribution is -1.84. The summed E-state index contributed by atoms with van der Waals surface area (Å²) < 4.78 is 5.76. The van der Waals surface area contributed by atoms with E-state index < -0.39 is 0 Å². The van der Waals surface area contributed by atoms with E-state index in [2.05, 4.69) is 4.98 Å². The van der Waals surface area contributed by atoms with E-state index in [0.29, 0.717) is 11.2 Å². The molecule has 1 N–H and O–H groups in total. The summed E-state index contributed by atoms with van der Waals surface area (Å²) >= 11 is 0. The molecule has 0 atom stereocenters. The SMILES string of the molecule is On1ccc2ocnc21. The molecule has 0 fully saturated rings. The molecule has 2 aromatic rings. The fourth-order valence-corrected chi connectivity index (χ4v) is 0.744. The number of hydrogen-bond acceptors (Lipinski definition) is 3. The van der Waals surface area contributed by atoms with Gasteiger partial charge in [-0.15, -0.1) is 0 Å². The minimum atomic E-state index is 0.454. The van der Waals surface area contributed by atoms with Gasteiger partial charge in [-0.25, -0.2) is 0 Å². The summed E-state index contributed by atoms with van der Waals surface area (Å²) in [6, 6.07) is 1.64. The van der Waals surface area contributed by atoms with Crippen LogP contribution in [-0.4, -0.2) is 14.9 Å². The first-order chi connectivity index (χ1) is 4.38. The zero-order chi connectivity index (χ0) is 6.27. The summed E-state index contributed by atoms with van der Waals surface area (Å²) in [6.45, 7) is 0. The molecule has 0 saturated heterocycles. The van der Waals surface area contributed by atoms with Gasteiger partial charge < -0.3 is 9.62 Å². The van der Waals surface area contributed by atoms with Crippen molar-refractivity contribution >= 4 is 11.2 Å². The largest absolute Gasteiger partial charge is 0.442 e. The van der Waals surface area contributed by atoms with Crippen molar-refractivity contribution in [2.24, 2.45) is 0 Å². The Morgan fingerprint density at radius 2 is 2.56 bits per heavy atom. The van der Waals surface area contributed by atoms with Crippen molar-refractivity contribution in [3.8, 4) is 0 Å². The first kappa shape index (κ1) is 4.43. The van der Waals surface area contributed by atoms with E-state index in [1.807, 2.05) is 0 Å². The van der Waals surface area contributed by atoms with Gasteiger partial charge in [0.15, 0.2) is 12.0 Å². The van der Waals surface area contributed by atoms with Gasteiger partial charge in [0.25, 0.3) is 0 Å². The topological polar surface area (TPSA) is 51.2 Å². The normalized spacial score (nSPS) is 10.7. The van der Waals surface area contributed by atoms with Gasteiger partial charge in [-0.05, 0) is 0 Å². The molecule has 0 aromatic carbocycles. The highest BCUT2D eigenvalue weighted by molar-refractivity contribution is 5.67. The molecule has 4 heteroatoms. The van der Waals surface area contributed by atoms with Crippen LogP contribution in [0.2, 0.25) is 0 Å². The van der Waals surface area contributed by atoms with E-state index in [4.69, 9.17) is 9.62 Å². The zero-order valence-electron chi connectivity index (χ0n) is 4.48. The smallest absolute Gasteiger partial charge is 0.213 e. The first-order valence-corrected chi connectivity index (χ1v) is 2.48. The van der Waals surface area contributed by atoms with Crippen LogP contribution in [0.5, 0.6) is 0 Å². The third-order valence-electron chi connectivity index (χ3n) is 1.16. The lowest BCUT2D eigenvalue weighted by molar-refractivity contribution is 0.198. The van der Waals surface area contributed by atoms with E-state index in [1.165, 1.54) is 12.6 Å². The summed E-state index contributed by atoms with van der Waals surface area (Å²) in [5.41, 5.74) is 1.05. The van der Waals surface area contributed by atoms with Gasteiger partial charge in [0.1, 0.15) is 0 Å². The number of aromatic nitrogens is 2. The second-order valence-electron chi connectivity index (χ2n) is 1.70. The Kier molecular flexibility index (Phi) is 0.631. The van der Waals surface area contributed by atoms with Gasteiger partial charge in [-0.1, -0.05) is 0 Å². The van der Waals surface area contributed by atoms with Crippen LogP contribution in [0.25, 0.3) is 11.2 Å². The first-order valence-electron chi connectivity index (χ1n) is 2.48. The minimum Gasteiger partial charge on any atom is -0.442 e. The predicted molar refractivity (Wildman–Crippen MR) is 29.2 cm³/mol. The number of hydrogen-bond donors (Lipinski definition) is 1. The Balaban J connectivity index is 2.99. The molecule has 2 heterocycles. The summed E-state index contributed by atoms with van der Waals surface area (Å²) in [5.74, 6) is 0. The molecule has 0 aliphatic rings. The Morgan fingerprint density at radius 3 is 3.33 bits per heavy atom. The Hall–Kier alpha value is -1.45. The average Bonchev–Trinajstić information content (AvgIpc) is 2.35. The molecule has 0 saturated carbocycles. The maximum Gasteiger partial charge on any atom is 0.213 e. The molecular weight excluding hydrogens is 120 g/mol. The Labute approximate surface area is 50.3 Å². The van der Waals surface area contributed by atoms with E-state index in [-0.39, 0.29) is 0 Å². The lowest BCUT2D eigenvalue weighted by atomic mass is 10.6. The molecule has 0 bridgehead atoms. The van der Waals surface area contributed by atoms with E-state index in [9.17, 15) is 0 Å². The molecular formula is C5H4N2O2. The van der Waals surface area contributed by atoms with Crippen molar-refractivity contribution in [3.63, 3.8) is 0 Å². The number of rotatable bonds is 0. The molecule has 9 heavy (non-hydrogen) atoms. The molecule has 0 spiro atoms. The van der Waals surface area contributed by atoms with Crippen molar-refractivity contribution in [1.82, 2.24) is 9.71 Å². The molecule has 0 aliphatic heterocycles. The van der Waals surface area contributed by atoms with Crippen LogP contribution >= 0.6 is 0 Å². The highest BCUT2D eigenvalue weighted by Crippen LogP contribution is 2.10. The Bertz CT molecular complexity index is 322. The molecule has 0 amide bonds. The van der Waals surface area contributed by atoms with Crippen LogP contribution in [-0.2, 0) is 0 Å². The van der Waals surface area contributed by atoms with Crippen molar-refractivity contribution in [2.45, 2.75) is 0 Å². The van der Waals surface area contributed by atoms with Crippen LogP contribution in [0, 0.1) is 0 Å². The van der Waals surface area contributed by atoms with Crippen molar-refractivity contribution < 1.29 is 9.62 Å². The molecule has 0 aliphatic carbocycles. The van der Waals surface area contributed by atoms with Crippen LogP contribution in [0.15, 0.2) is 23.1 Å². The van der Waals surface area contributed by atoms with Gasteiger partial charge in [-0.3, -0.25) is 0 Å². The monoisotopic (exact) mass is 124 g/mol. The van der Waals surface area contributed by atoms with Crippen LogP contribution in [0.3, 0.4) is 0 Å². The van der Waals surface area contributed by atoms with Crippen LogP contribution in [0.4, 0.5) is 0 Å². The van der Waals surface area contributed by atoms with Gasteiger partial charge in [-0.2, -0.15) is 9.71 Å². The summed E-state index contributed by atoms with van der Waals surface area (Å²) in [4.78, 5) is 3.72. The number of nitrogens with zero attached hydrogens (tertiary/aromatic N) is 2. The molecule has 4 nitrogen and oxygen atoms in total. The maximum absolute atomic E-state index is 8.89. The Morgan fingerprint density at radius 1 is 1.67 bits per heavy atom. The van der Waals surface area contributed by atoms with Crippen molar-refractivity contribution in [3.05, 3.63) is 18.7 Å². The molecule has 2 aromatic heterocycles. The zero-order valence-corrected chi connectivity index (χ0v) is 4.48. The fraction of sp³-hybridized carbons (Fsp3) is 0. The minimum absolute atomic E-state index is 0.454. The fourth-order valence-electron chi connectivity index (χ4n) is 0.744. The van der Waals surface area contributed by atoms with E-state index >= 15 is 0 Å². The third kappa shape index (κ3) is 0.440. The summed E-state index contributed by atoms with van der Waals surface area (Å²) in [5, 5.41) is 8.89. The van der Waals surface area contributed by atoms with Crippen molar-refractivity contribution in [1.29, 1.82) is 0 Å². The van der Waals surface area contributed by atoms with Crippen LogP contribution < -0.4 is 0 Å². The van der Waals surface area contributed by atoms with Gasteiger partial charge in [0.2, 0.25) is 5.65 Å². The lowest BCUT2D eigenvalue weighted by Gasteiger charge is -1.82. The third-order valence-corrected chi connectivity index (χ3v) is 1.16. The highest BCUT2D eigenvalue weighted by atomic mass is 16.5. The highest BCUT2D eigenvalue weighted by Gasteiger charge is 2.00. The average molecular weight is 124 g/mol. The predicted octanol–water partition coefficient (Wildman–Crippen LogP) is 0.867. The second kappa shape index (κ2) is 1.28. The van der Waals surface area contributed by atoms with E-state index in [0.717, 1.165) is 4.73 Å². The maximum atomic E-state index is 8.89. The quantitative estimate of drug-likeness (QED) is 0.530. The summed E-state index contributed by atoms with van der Waals surface area (Å²) in [7, 11) is 0. The van der Waals surface area contributed by atoms with Gasteiger partial charge in [0.05, 0.1) is 0 Å². The molecule has 0 unspecified atom stereocenters. The van der Waals surface area contributed by atoms with E-state index in [1.54, 1.807) is 6.07 Å². The van der Waals surface area contributed by atoms with Crippen molar-refractivity contribution in [2.75, 3.05) is 0 Å². The molecule has 2 rings (SSSR count). The number of fused-ring (bicyclic) bond motifs is 1. The standard InChI is InChI=1S/C5H4N2O2/c8-7-2-1-4-5(7)6-3-9-4/h1-3,8H.